The molecule has 0 saturated carbocycles. The van der Waals surface area contributed by atoms with Gasteiger partial charge in [0.25, 0.3) is 11.8 Å². The van der Waals surface area contributed by atoms with Gasteiger partial charge in [-0.2, -0.15) is 0 Å². The van der Waals surface area contributed by atoms with Gasteiger partial charge in [0.2, 0.25) is 0 Å². The number of primary amides is 1. The average molecular weight is 503 g/mol. The number of hydrogen-bond acceptors (Lipinski definition) is 4. The number of nitrogens with one attached hydrogen (secondary N) is 1. The lowest BCUT2D eigenvalue weighted by Gasteiger charge is -2.16. The lowest BCUT2D eigenvalue weighted by Crippen LogP contribution is -2.27. The Morgan fingerprint density at radius 3 is 2.38 bits per heavy atom. The molecule has 0 fully saturated rings. The fraction of sp³-hybridized carbons (Fsp3) is 0.267. The quantitative estimate of drug-likeness (QED) is 0.289. The highest BCUT2D eigenvalue weighted by atomic mass is 19.1. The number of hydrogen-bond donors (Lipinski definition) is 2. The maximum absolute atomic E-state index is 13.4. The van der Waals surface area contributed by atoms with Gasteiger partial charge in [-0.1, -0.05) is 19.9 Å². The first-order chi connectivity index (χ1) is 17.6. The van der Waals surface area contributed by atoms with E-state index in [9.17, 15) is 14.0 Å². The third-order valence-corrected chi connectivity index (χ3v) is 5.86. The molecule has 6 nitrogen and oxygen atoms in total. The number of fused-ring (bicyclic) bond motifs is 1. The summed E-state index contributed by atoms with van der Waals surface area (Å²) in [6, 6.07) is 16.7. The molecule has 0 aliphatic carbocycles. The fourth-order valence-electron chi connectivity index (χ4n) is 4.15. The van der Waals surface area contributed by atoms with Gasteiger partial charge in [0.05, 0.1) is 11.7 Å². The van der Waals surface area contributed by atoms with Crippen molar-refractivity contribution in [2.75, 3.05) is 6.54 Å². The molecule has 2 amide bonds. The number of carbonyl (C=O) groups is 2. The van der Waals surface area contributed by atoms with Gasteiger partial charge in [-0.25, -0.2) is 4.39 Å². The Hall–Kier alpha value is -4.13. The largest absolute Gasteiger partial charge is 0.491 e. The van der Waals surface area contributed by atoms with Gasteiger partial charge in [-0.15, -0.1) is 0 Å². The van der Waals surface area contributed by atoms with Crippen LogP contribution >= 0.6 is 0 Å². The van der Waals surface area contributed by atoms with Crippen molar-refractivity contribution in [3.8, 4) is 17.1 Å². The summed E-state index contributed by atoms with van der Waals surface area (Å²) >= 11 is 0. The van der Waals surface area contributed by atoms with E-state index in [-0.39, 0.29) is 23.4 Å². The van der Waals surface area contributed by atoms with Crippen LogP contribution in [-0.4, -0.2) is 24.5 Å². The second-order valence-electron chi connectivity index (χ2n) is 9.78. The molecular formula is C30H31FN2O4. The molecule has 0 radical (unpaired) electrons. The van der Waals surface area contributed by atoms with Gasteiger partial charge in [0, 0.05) is 29.5 Å². The summed E-state index contributed by atoms with van der Waals surface area (Å²) in [5.74, 6) is 0.159. The molecule has 192 valence electrons. The number of rotatable bonds is 9. The van der Waals surface area contributed by atoms with Crippen LogP contribution in [0.2, 0.25) is 0 Å². The van der Waals surface area contributed by atoms with Crippen molar-refractivity contribution >= 4 is 22.8 Å². The van der Waals surface area contributed by atoms with Crippen molar-refractivity contribution in [1.82, 2.24) is 5.32 Å². The zero-order valence-corrected chi connectivity index (χ0v) is 21.4. The summed E-state index contributed by atoms with van der Waals surface area (Å²) in [5.41, 5.74) is 9.31. The first-order valence-electron chi connectivity index (χ1n) is 12.3. The monoisotopic (exact) mass is 502 g/mol. The highest BCUT2D eigenvalue weighted by Crippen LogP contribution is 2.35. The van der Waals surface area contributed by atoms with E-state index in [2.05, 4.69) is 5.32 Å². The van der Waals surface area contributed by atoms with Crippen LogP contribution in [0.4, 0.5) is 4.39 Å². The topological polar surface area (TPSA) is 94.6 Å². The highest BCUT2D eigenvalue weighted by molar-refractivity contribution is 6.10. The molecule has 0 aliphatic rings. The molecule has 0 aliphatic heterocycles. The molecule has 3 aromatic carbocycles. The Labute approximate surface area is 215 Å². The van der Waals surface area contributed by atoms with E-state index in [1.807, 2.05) is 52.0 Å². The summed E-state index contributed by atoms with van der Waals surface area (Å²) in [6.45, 7) is 8.56. The molecule has 4 rings (SSSR count). The molecule has 0 atom stereocenters. The van der Waals surface area contributed by atoms with E-state index in [4.69, 9.17) is 14.9 Å². The van der Waals surface area contributed by atoms with Crippen LogP contribution in [-0.2, 0) is 6.42 Å². The summed E-state index contributed by atoms with van der Waals surface area (Å²) in [6.07, 6.45) is 0.411. The predicted molar refractivity (Wildman–Crippen MR) is 142 cm³/mol. The van der Waals surface area contributed by atoms with Crippen LogP contribution in [0.1, 0.15) is 59.5 Å². The first-order valence-corrected chi connectivity index (χ1v) is 12.3. The smallest absolute Gasteiger partial charge is 0.253 e. The van der Waals surface area contributed by atoms with Gasteiger partial charge in [0.1, 0.15) is 22.9 Å². The Kier molecular flexibility index (Phi) is 7.62. The molecule has 0 saturated heterocycles. The standard InChI is InChI=1S/C30H31FN2O4/c1-17(2)16-33-30(35)21-8-12-25(36-18(3)4)22(15-21)13-19-5-11-26-24(14-19)27(29(32)34)28(37-26)20-6-9-23(31)10-7-20/h5-12,14-15,17-18H,13,16H2,1-4H3,(H2,32,34)(H,33,35). The number of ether oxygens (including phenoxy) is 1. The maximum atomic E-state index is 13.4. The van der Waals surface area contributed by atoms with Crippen molar-refractivity contribution in [2.45, 2.75) is 40.2 Å². The third-order valence-electron chi connectivity index (χ3n) is 5.86. The van der Waals surface area contributed by atoms with E-state index < -0.39 is 5.91 Å². The number of benzene rings is 3. The number of nitrogens with two attached hydrogens (primary N) is 1. The fourth-order valence-corrected chi connectivity index (χ4v) is 4.15. The lowest BCUT2D eigenvalue weighted by molar-refractivity contribution is 0.0947. The van der Waals surface area contributed by atoms with Crippen LogP contribution in [0.5, 0.6) is 5.75 Å². The molecular weight excluding hydrogens is 471 g/mol. The van der Waals surface area contributed by atoms with Crippen molar-refractivity contribution in [2.24, 2.45) is 11.7 Å². The maximum Gasteiger partial charge on any atom is 0.253 e. The van der Waals surface area contributed by atoms with E-state index in [0.29, 0.717) is 52.5 Å². The van der Waals surface area contributed by atoms with Gasteiger partial charge >= 0.3 is 0 Å². The molecule has 0 spiro atoms. The molecule has 1 heterocycles. The van der Waals surface area contributed by atoms with E-state index >= 15 is 0 Å². The summed E-state index contributed by atoms with van der Waals surface area (Å²) < 4.78 is 25.4. The van der Waals surface area contributed by atoms with Crippen molar-refractivity contribution < 1.29 is 23.1 Å². The minimum absolute atomic E-state index is 0.0459. The third kappa shape index (κ3) is 6.00. The summed E-state index contributed by atoms with van der Waals surface area (Å²) in [5, 5.41) is 3.52. The Morgan fingerprint density at radius 2 is 1.73 bits per heavy atom. The second-order valence-corrected chi connectivity index (χ2v) is 9.78. The van der Waals surface area contributed by atoms with E-state index in [1.54, 1.807) is 24.3 Å². The van der Waals surface area contributed by atoms with Crippen LogP contribution in [0.15, 0.2) is 65.1 Å². The molecule has 4 aromatic rings. The molecule has 37 heavy (non-hydrogen) atoms. The molecule has 0 bridgehead atoms. The van der Waals surface area contributed by atoms with Crippen LogP contribution in [0, 0.1) is 11.7 Å². The predicted octanol–water partition coefficient (Wildman–Crippen LogP) is 6.10. The number of furan rings is 1. The van der Waals surface area contributed by atoms with E-state index in [0.717, 1.165) is 11.1 Å². The van der Waals surface area contributed by atoms with Gasteiger partial charge in [0.15, 0.2) is 0 Å². The second kappa shape index (κ2) is 10.9. The van der Waals surface area contributed by atoms with E-state index in [1.165, 1.54) is 12.1 Å². The van der Waals surface area contributed by atoms with Crippen molar-refractivity contribution in [1.29, 1.82) is 0 Å². The number of amides is 2. The minimum Gasteiger partial charge on any atom is -0.491 e. The molecule has 0 unspecified atom stereocenters. The zero-order valence-electron chi connectivity index (χ0n) is 21.4. The van der Waals surface area contributed by atoms with Crippen LogP contribution in [0.3, 0.4) is 0 Å². The number of halogens is 1. The van der Waals surface area contributed by atoms with Gasteiger partial charge in [-0.3, -0.25) is 9.59 Å². The SMILES string of the molecule is CC(C)CNC(=O)c1ccc(OC(C)C)c(Cc2ccc3oc(-c4ccc(F)cc4)c(C(N)=O)c3c2)c1. The van der Waals surface area contributed by atoms with Crippen molar-refractivity contribution in [3.05, 3.63) is 88.7 Å². The zero-order chi connectivity index (χ0) is 26.7. The summed E-state index contributed by atoms with van der Waals surface area (Å²) in [7, 11) is 0. The Bertz CT molecular complexity index is 1440. The van der Waals surface area contributed by atoms with Crippen LogP contribution < -0.4 is 15.8 Å². The molecule has 3 N–H and O–H groups in total. The Morgan fingerprint density at radius 1 is 1.00 bits per heavy atom. The van der Waals surface area contributed by atoms with Gasteiger partial charge in [-0.05, 0) is 85.5 Å². The summed E-state index contributed by atoms with van der Waals surface area (Å²) in [4.78, 5) is 25.1. The van der Waals surface area contributed by atoms with Crippen molar-refractivity contribution in [3.63, 3.8) is 0 Å². The van der Waals surface area contributed by atoms with Gasteiger partial charge < -0.3 is 20.2 Å². The Balaban J connectivity index is 1.73. The lowest BCUT2D eigenvalue weighted by atomic mass is 9.98. The highest BCUT2D eigenvalue weighted by Gasteiger charge is 2.21. The number of carbonyl (C=O) groups excluding carboxylic acids is 2. The average Bonchev–Trinajstić information content (AvgIpc) is 3.23. The minimum atomic E-state index is -0.636. The molecule has 7 heteroatoms. The molecule has 1 aromatic heterocycles. The first kappa shape index (κ1) is 25.9. The van der Waals surface area contributed by atoms with Crippen LogP contribution in [0.25, 0.3) is 22.3 Å². The normalized spacial score (nSPS) is 11.3.